The molecule has 0 atom stereocenters. The molecule has 0 bridgehead atoms. The number of aromatic nitrogens is 2. The van der Waals surface area contributed by atoms with Crippen LogP contribution in [0.3, 0.4) is 0 Å². The van der Waals surface area contributed by atoms with Crippen molar-refractivity contribution in [1.82, 2.24) is 9.46 Å². The zero-order valence-corrected chi connectivity index (χ0v) is 11.0. The predicted octanol–water partition coefficient (Wildman–Crippen LogP) is -0.110. The minimum atomic E-state index is -0.994. The molecule has 2 heterocycles. The number of hydrogen-bond donors (Lipinski definition) is 2. The zero-order valence-electron chi connectivity index (χ0n) is 11.0. The third-order valence-corrected chi connectivity index (χ3v) is 2.29. The number of amides is 1. The average Bonchev–Trinajstić information content (AvgIpc) is 3.07. The van der Waals surface area contributed by atoms with Gasteiger partial charge >= 0.3 is 5.97 Å². The summed E-state index contributed by atoms with van der Waals surface area (Å²) >= 11 is 0. The SMILES string of the molecule is COn1cccc1C(=O)O.COn1cccc1C(N)=O. The van der Waals surface area contributed by atoms with Gasteiger partial charge in [0.1, 0.15) is 19.9 Å². The van der Waals surface area contributed by atoms with Crippen LogP contribution >= 0.6 is 0 Å². The Bertz CT molecular complexity index is 535. The summed E-state index contributed by atoms with van der Waals surface area (Å²) < 4.78 is 2.49. The first-order valence-corrected chi connectivity index (χ1v) is 5.48. The Balaban J connectivity index is 0.000000200. The van der Waals surface area contributed by atoms with Crippen LogP contribution in [0, 0.1) is 0 Å². The fourth-order valence-electron chi connectivity index (χ4n) is 1.41. The Morgan fingerprint density at radius 2 is 1.50 bits per heavy atom. The van der Waals surface area contributed by atoms with Crippen molar-refractivity contribution in [3.63, 3.8) is 0 Å². The number of carboxylic acids is 1. The number of nitrogens with zero attached hydrogens (tertiary/aromatic N) is 2. The van der Waals surface area contributed by atoms with Gasteiger partial charge in [0, 0.05) is 12.4 Å². The summed E-state index contributed by atoms with van der Waals surface area (Å²) in [6.45, 7) is 0. The first-order chi connectivity index (χ1) is 9.51. The number of rotatable bonds is 4. The lowest BCUT2D eigenvalue weighted by Gasteiger charge is -2.01. The summed E-state index contributed by atoms with van der Waals surface area (Å²) in [5.41, 5.74) is 5.47. The predicted molar refractivity (Wildman–Crippen MR) is 69.3 cm³/mol. The maximum Gasteiger partial charge on any atom is 0.355 e. The molecule has 3 N–H and O–H groups in total. The fraction of sp³-hybridized carbons (Fsp3) is 0.167. The second-order valence-corrected chi connectivity index (χ2v) is 3.47. The number of carboxylic acid groups (broad SMARTS) is 1. The van der Waals surface area contributed by atoms with Crippen molar-refractivity contribution in [2.75, 3.05) is 14.2 Å². The van der Waals surface area contributed by atoms with Crippen LogP contribution in [0.4, 0.5) is 0 Å². The first-order valence-electron chi connectivity index (χ1n) is 5.48. The summed E-state index contributed by atoms with van der Waals surface area (Å²) in [5, 5.41) is 8.48. The normalized spacial score (nSPS) is 9.30. The van der Waals surface area contributed by atoms with Crippen molar-refractivity contribution in [2.45, 2.75) is 0 Å². The van der Waals surface area contributed by atoms with E-state index in [2.05, 4.69) is 4.84 Å². The zero-order chi connectivity index (χ0) is 15.1. The third-order valence-electron chi connectivity index (χ3n) is 2.29. The Hall–Kier alpha value is -2.90. The molecule has 0 saturated heterocycles. The molecule has 2 aromatic rings. The minimum Gasteiger partial charge on any atom is -0.476 e. The lowest BCUT2D eigenvalue weighted by Crippen LogP contribution is -2.19. The Kier molecular flexibility index (Phi) is 5.21. The van der Waals surface area contributed by atoms with Crippen molar-refractivity contribution in [1.29, 1.82) is 0 Å². The van der Waals surface area contributed by atoms with E-state index in [9.17, 15) is 9.59 Å². The van der Waals surface area contributed by atoms with Gasteiger partial charge in [-0.2, -0.15) is 9.46 Å². The van der Waals surface area contributed by atoms with Crippen molar-refractivity contribution in [3.8, 4) is 0 Å². The highest BCUT2D eigenvalue weighted by Gasteiger charge is 2.07. The van der Waals surface area contributed by atoms with Gasteiger partial charge in [0.15, 0.2) is 5.69 Å². The third kappa shape index (κ3) is 3.55. The summed E-state index contributed by atoms with van der Waals surface area (Å²) in [7, 11) is 2.87. The first kappa shape index (κ1) is 15.2. The summed E-state index contributed by atoms with van der Waals surface area (Å²) in [6.07, 6.45) is 3.14. The molecule has 0 fully saturated rings. The second kappa shape index (κ2) is 6.88. The van der Waals surface area contributed by atoms with Gasteiger partial charge in [-0.15, -0.1) is 0 Å². The van der Waals surface area contributed by atoms with E-state index in [1.807, 2.05) is 0 Å². The van der Waals surface area contributed by atoms with Gasteiger partial charge in [-0.05, 0) is 24.3 Å². The topological polar surface area (TPSA) is 109 Å². The Morgan fingerprint density at radius 1 is 1.05 bits per heavy atom. The molecule has 0 aliphatic rings. The number of nitrogens with two attached hydrogens (primary N) is 1. The van der Waals surface area contributed by atoms with Crippen LogP contribution in [0.5, 0.6) is 0 Å². The average molecular weight is 281 g/mol. The summed E-state index contributed by atoms with van der Waals surface area (Å²) in [5.74, 6) is -1.49. The van der Waals surface area contributed by atoms with Crippen LogP contribution < -0.4 is 15.4 Å². The van der Waals surface area contributed by atoms with E-state index in [1.54, 1.807) is 24.4 Å². The van der Waals surface area contributed by atoms with Gasteiger partial charge in [0.05, 0.1) is 0 Å². The highest BCUT2D eigenvalue weighted by Crippen LogP contribution is 1.98. The number of primary amides is 1. The molecule has 0 aliphatic heterocycles. The number of aromatic carboxylic acids is 1. The summed E-state index contributed by atoms with van der Waals surface area (Å²) in [4.78, 5) is 30.3. The molecule has 0 aliphatic carbocycles. The summed E-state index contributed by atoms with van der Waals surface area (Å²) in [6, 6.07) is 6.34. The van der Waals surface area contributed by atoms with Gasteiger partial charge in [-0.25, -0.2) is 4.79 Å². The molecule has 20 heavy (non-hydrogen) atoms. The van der Waals surface area contributed by atoms with E-state index < -0.39 is 11.9 Å². The Morgan fingerprint density at radius 3 is 1.80 bits per heavy atom. The van der Waals surface area contributed by atoms with Crippen LogP contribution in [0.25, 0.3) is 0 Å². The smallest absolute Gasteiger partial charge is 0.355 e. The van der Waals surface area contributed by atoms with Crippen molar-refractivity contribution >= 4 is 11.9 Å². The largest absolute Gasteiger partial charge is 0.476 e. The van der Waals surface area contributed by atoms with E-state index in [4.69, 9.17) is 15.7 Å². The maximum absolute atomic E-state index is 10.6. The van der Waals surface area contributed by atoms with Gasteiger partial charge in [0.25, 0.3) is 5.91 Å². The number of carbonyl (C=O) groups is 2. The highest BCUT2D eigenvalue weighted by molar-refractivity contribution is 5.91. The maximum atomic E-state index is 10.6. The second-order valence-electron chi connectivity index (χ2n) is 3.47. The van der Waals surface area contributed by atoms with E-state index in [1.165, 1.54) is 35.9 Å². The number of carbonyl (C=O) groups excluding carboxylic acids is 1. The van der Waals surface area contributed by atoms with Gasteiger partial charge in [0.2, 0.25) is 0 Å². The minimum absolute atomic E-state index is 0.127. The van der Waals surface area contributed by atoms with Gasteiger partial charge in [-0.3, -0.25) is 4.79 Å². The monoisotopic (exact) mass is 281 g/mol. The van der Waals surface area contributed by atoms with Crippen LogP contribution in [0.2, 0.25) is 0 Å². The molecule has 8 heteroatoms. The molecule has 108 valence electrons. The molecule has 0 saturated carbocycles. The molecule has 1 amide bonds. The fourth-order valence-corrected chi connectivity index (χ4v) is 1.41. The molecule has 0 radical (unpaired) electrons. The molecular weight excluding hydrogens is 266 g/mol. The molecular formula is C12H15N3O5. The van der Waals surface area contributed by atoms with Crippen LogP contribution in [-0.4, -0.2) is 40.7 Å². The van der Waals surface area contributed by atoms with E-state index >= 15 is 0 Å². The van der Waals surface area contributed by atoms with Crippen LogP contribution in [0.1, 0.15) is 21.0 Å². The van der Waals surface area contributed by atoms with Gasteiger partial charge in [-0.1, -0.05) is 0 Å². The highest BCUT2D eigenvalue weighted by atomic mass is 16.6. The molecule has 2 aromatic heterocycles. The molecule has 0 spiro atoms. The lowest BCUT2D eigenvalue weighted by molar-refractivity contribution is 0.0639. The molecule has 8 nitrogen and oxygen atoms in total. The molecule has 0 unspecified atom stereocenters. The van der Waals surface area contributed by atoms with E-state index in [0.29, 0.717) is 5.69 Å². The molecule has 2 rings (SSSR count). The van der Waals surface area contributed by atoms with Crippen molar-refractivity contribution < 1.29 is 24.4 Å². The van der Waals surface area contributed by atoms with E-state index in [-0.39, 0.29) is 5.69 Å². The van der Waals surface area contributed by atoms with Crippen molar-refractivity contribution in [2.24, 2.45) is 5.73 Å². The molecule has 0 aromatic carbocycles. The standard InChI is InChI=1S/C6H8N2O2.C6H7NO3/c1-10-8-4-2-3-5(8)6(7)9;1-10-7-4-2-3-5(7)6(8)9/h2-4H,1H3,(H2,7,9);2-4H,1H3,(H,8,9). The van der Waals surface area contributed by atoms with E-state index in [0.717, 1.165) is 0 Å². The van der Waals surface area contributed by atoms with Crippen LogP contribution in [-0.2, 0) is 0 Å². The quantitative estimate of drug-likeness (QED) is 0.812. The van der Waals surface area contributed by atoms with Crippen molar-refractivity contribution in [3.05, 3.63) is 48.0 Å². The van der Waals surface area contributed by atoms with Crippen LogP contribution in [0.15, 0.2) is 36.7 Å². The van der Waals surface area contributed by atoms with Gasteiger partial charge < -0.3 is 20.5 Å². The number of hydrogen-bond acceptors (Lipinski definition) is 4. The lowest BCUT2D eigenvalue weighted by atomic mass is 10.4. The Labute approximate surface area is 114 Å².